The largest absolute Gasteiger partial charge is 0.397 e. The summed E-state index contributed by atoms with van der Waals surface area (Å²) in [5.74, 6) is -18.3. The highest BCUT2D eigenvalue weighted by atomic mass is 32.2. The van der Waals surface area contributed by atoms with Crippen LogP contribution in [0, 0.1) is 0 Å². The van der Waals surface area contributed by atoms with Gasteiger partial charge in [-0.25, -0.2) is 0 Å². The minimum absolute atomic E-state index is 0.132. The zero-order chi connectivity index (χ0) is 50.9. The number of imide groups is 1. The van der Waals surface area contributed by atoms with E-state index in [0.29, 0.717) is 41.0 Å². The molecule has 4 aromatic carbocycles. The van der Waals surface area contributed by atoms with Gasteiger partial charge in [0.05, 0.1) is 26.5 Å². The number of unbranched alkanes of at least 4 members (excludes halogenated alkanes) is 2. The third-order valence-corrected chi connectivity index (χ3v) is 18.7. The maximum atomic E-state index is 16.0. The molecule has 1 fully saturated rings. The molecule has 3 aliphatic heterocycles. The zero-order valence-corrected chi connectivity index (χ0v) is 40.4. The van der Waals surface area contributed by atoms with Crippen LogP contribution in [0.15, 0.2) is 104 Å². The molecule has 3 heterocycles. The van der Waals surface area contributed by atoms with Gasteiger partial charge >= 0.3 is 17.8 Å². The average molecular weight is 1050 g/mol. The van der Waals surface area contributed by atoms with Gasteiger partial charge in [-0.3, -0.25) is 28.4 Å². The van der Waals surface area contributed by atoms with Crippen molar-refractivity contribution in [1.29, 1.82) is 0 Å². The highest BCUT2D eigenvalue weighted by molar-refractivity contribution is 8.11. The SMILES string of the molecule is COC12Sc3ccccc3C1=C1C(=C3C(C)=C(c4ccc(CCCC(=O)NCCCCCN5C(=O)c6cc(S(=O)(=O)O)cc7c(N)c(S(=O)(=O)O)cc(c67)C5=O)cc4)SC32C)C(F)(F)C(F)(F)C1(F)F. The number of carbonyl (C=O) groups is 3. The Morgan fingerprint density at radius 3 is 2.04 bits per heavy atom. The number of benzene rings is 4. The number of methoxy groups -OCH3 is 1. The lowest BCUT2D eigenvalue weighted by molar-refractivity contribution is -0.257. The van der Waals surface area contributed by atoms with Crippen molar-refractivity contribution in [3.8, 4) is 0 Å². The Kier molecular flexibility index (Phi) is 11.9. The zero-order valence-electron chi connectivity index (χ0n) is 37.1. The van der Waals surface area contributed by atoms with Gasteiger partial charge in [-0.1, -0.05) is 54.2 Å². The smallest absolute Gasteiger partial charge is 0.380 e. The molecular weight excluding hydrogens is 1010 g/mol. The number of nitrogens with two attached hydrogens (primary N) is 1. The molecule has 0 saturated heterocycles. The lowest BCUT2D eigenvalue weighted by Gasteiger charge is -2.48. The van der Waals surface area contributed by atoms with E-state index in [-0.39, 0.29) is 76.0 Å². The number of hydrogen-bond acceptors (Lipinski definition) is 11. The first-order valence-corrected chi connectivity index (χ1v) is 26.1. The van der Waals surface area contributed by atoms with Crippen LogP contribution in [-0.4, -0.2) is 96.2 Å². The molecule has 5 N–H and O–H groups in total. The van der Waals surface area contributed by atoms with Crippen LogP contribution in [0.25, 0.3) is 21.3 Å². The first kappa shape index (κ1) is 49.8. The fraction of sp³-hybridized carbons (Fsp3) is 0.340. The standard InChI is InChI=1S/C47H41F6N3O10S4/c1-23-35-37-38(45(50,51)47(52,53)44(37,48)49)36-27-11-5-6-12-31(27)67-46(36,66-3)43(35,2)68-40(23)25-16-14-24(15-17-25)10-9-13-33(57)55-18-7-4-8-19-56-41(58)29-21-26(69(60,61)62)20-28-34(29)30(42(56)59)22-32(39(28)54)70(63,64)65/h5-6,11-12,14-17,20-22H,4,7-10,13,18-19,54H2,1-3H3,(H,55,57)(H,60,61,62)(H,63,64,65). The highest BCUT2D eigenvalue weighted by Crippen LogP contribution is 2.78. The van der Waals surface area contributed by atoms with Crippen molar-refractivity contribution >= 4 is 88.4 Å². The van der Waals surface area contributed by atoms with E-state index in [9.17, 15) is 40.3 Å². The van der Waals surface area contributed by atoms with Gasteiger partial charge in [0.2, 0.25) is 5.91 Å². The Balaban J connectivity index is 0.822. The number of aryl methyl sites for hydroxylation is 1. The summed E-state index contributed by atoms with van der Waals surface area (Å²) in [6.45, 7) is 3.09. The van der Waals surface area contributed by atoms with Crippen LogP contribution in [0.4, 0.5) is 32.0 Å². The third kappa shape index (κ3) is 7.19. The number of halogens is 6. The van der Waals surface area contributed by atoms with Crippen LogP contribution in [0.5, 0.6) is 0 Å². The Bertz CT molecular complexity index is 3320. The number of allylic oxidation sites excluding steroid dienone is 3. The molecule has 0 aromatic heterocycles. The first-order valence-electron chi connectivity index (χ1n) is 21.6. The minimum Gasteiger partial charge on any atom is -0.397 e. The molecule has 0 radical (unpaired) electrons. The molecule has 5 aliphatic rings. The summed E-state index contributed by atoms with van der Waals surface area (Å²) in [6, 6.07) is 15.7. The Labute approximate surface area is 405 Å². The van der Waals surface area contributed by atoms with Crippen molar-refractivity contribution in [2.75, 3.05) is 25.9 Å². The summed E-state index contributed by atoms with van der Waals surface area (Å²) in [5, 5.41) is 2.31. The van der Waals surface area contributed by atoms with E-state index in [1.807, 2.05) is 0 Å². The van der Waals surface area contributed by atoms with E-state index in [1.54, 1.807) is 43.3 Å². The number of ether oxygens (including phenoxy) is 1. The van der Waals surface area contributed by atoms with Gasteiger partial charge in [-0.2, -0.15) is 43.2 Å². The number of nitrogens with zero attached hydrogens (tertiary/aromatic N) is 1. The lowest BCUT2D eigenvalue weighted by atomic mass is 9.72. The number of anilines is 1. The van der Waals surface area contributed by atoms with Gasteiger partial charge in [0.1, 0.15) is 4.90 Å². The van der Waals surface area contributed by atoms with Crippen LogP contribution in [0.3, 0.4) is 0 Å². The average Bonchev–Trinajstić information content (AvgIpc) is 3.81. The summed E-state index contributed by atoms with van der Waals surface area (Å²) in [5.41, 5.74) is 2.80. The van der Waals surface area contributed by atoms with E-state index < -0.39 is 86.1 Å². The van der Waals surface area contributed by atoms with Crippen molar-refractivity contribution in [3.05, 3.63) is 117 Å². The second kappa shape index (κ2) is 16.7. The fourth-order valence-electron chi connectivity index (χ4n) is 10.2. The van der Waals surface area contributed by atoms with E-state index >= 15 is 26.3 Å². The molecule has 0 bridgehead atoms. The van der Waals surface area contributed by atoms with Crippen molar-refractivity contribution in [2.45, 2.75) is 94.5 Å². The maximum Gasteiger partial charge on any atom is 0.380 e. The number of fused-ring (bicyclic) bond motifs is 6. The van der Waals surface area contributed by atoms with Crippen LogP contribution in [0.2, 0.25) is 0 Å². The Morgan fingerprint density at radius 2 is 1.41 bits per heavy atom. The molecule has 13 nitrogen and oxygen atoms in total. The second-order valence-corrected chi connectivity index (χ2v) is 23.1. The molecule has 4 aromatic rings. The summed E-state index contributed by atoms with van der Waals surface area (Å²) >= 11 is 2.14. The van der Waals surface area contributed by atoms with E-state index in [1.165, 1.54) is 26.2 Å². The molecule has 23 heteroatoms. The Hall–Kier alpha value is -5.17. The van der Waals surface area contributed by atoms with E-state index in [4.69, 9.17) is 10.5 Å². The van der Waals surface area contributed by atoms with Gasteiger partial charge in [-0.15, -0.1) is 11.8 Å². The van der Waals surface area contributed by atoms with Crippen LogP contribution in [0.1, 0.15) is 83.4 Å². The maximum absolute atomic E-state index is 16.0. The van der Waals surface area contributed by atoms with Gasteiger partial charge in [0.15, 0.2) is 4.93 Å². The summed E-state index contributed by atoms with van der Waals surface area (Å²) < 4.78 is 167. The van der Waals surface area contributed by atoms with Crippen molar-refractivity contribution in [3.63, 3.8) is 0 Å². The van der Waals surface area contributed by atoms with Crippen LogP contribution >= 0.6 is 23.5 Å². The number of amides is 3. The number of nitrogen functional groups attached to an aromatic ring is 1. The first-order chi connectivity index (χ1) is 32.7. The summed E-state index contributed by atoms with van der Waals surface area (Å²) in [7, 11) is -8.70. The number of alkyl halides is 6. The highest BCUT2D eigenvalue weighted by Gasteiger charge is 2.85. The normalized spacial score (nSPS) is 23.0. The molecule has 0 spiro atoms. The molecule has 70 heavy (non-hydrogen) atoms. The number of carbonyl (C=O) groups excluding carboxylic acids is 3. The van der Waals surface area contributed by atoms with E-state index in [0.717, 1.165) is 52.2 Å². The predicted octanol–water partition coefficient (Wildman–Crippen LogP) is 9.19. The molecular formula is C47H41F6N3O10S4. The third-order valence-electron chi connectivity index (χ3n) is 13.5. The molecule has 370 valence electrons. The van der Waals surface area contributed by atoms with Gasteiger partial charge < -0.3 is 15.8 Å². The minimum atomic E-state index is -5.72. The summed E-state index contributed by atoms with van der Waals surface area (Å²) in [6.07, 6.45) is 2.08. The van der Waals surface area contributed by atoms with E-state index in [2.05, 4.69) is 5.32 Å². The lowest BCUT2D eigenvalue weighted by Crippen LogP contribution is -2.52. The van der Waals surface area contributed by atoms with Gasteiger partial charge in [0.25, 0.3) is 32.1 Å². The molecule has 1 saturated carbocycles. The number of thioether (sulfide) groups is 2. The quantitative estimate of drug-likeness (QED) is 0.0306. The molecule has 2 unspecified atom stereocenters. The Morgan fingerprint density at radius 1 is 0.786 bits per heavy atom. The fourth-order valence-corrected chi connectivity index (χ4v) is 14.7. The molecule has 3 amide bonds. The van der Waals surface area contributed by atoms with Crippen LogP contribution in [-0.2, 0) is 36.2 Å². The van der Waals surface area contributed by atoms with Crippen molar-refractivity contribution in [2.24, 2.45) is 0 Å². The molecule has 2 atom stereocenters. The van der Waals surface area contributed by atoms with Crippen LogP contribution < -0.4 is 11.1 Å². The summed E-state index contributed by atoms with van der Waals surface area (Å²) in [4.78, 5) is 37.9. The van der Waals surface area contributed by atoms with Gasteiger partial charge in [0, 0.05) is 63.9 Å². The monoisotopic (exact) mass is 1050 g/mol. The topological polar surface area (TPSA) is 210 Å². The molecule has 2 aliphatic carbocycles. The number of nitrogens with one attached hydrogen (secondary N) is 1. The van der Waals surface area contributed by atoms with Crippen molar-refractivity contribution < 1.29 is 71.4 Å². The predicted molar refractivity (Wildman–Crippen MR) is 249 cm³/mol. The second-order valence-electron chi connectivity index (χ2n) is 17.6. The van der Waals surface area contributed by atoms with Gasteiger partial charge in [-0.05, 0) is 98.1 Å². The number of rotatable bonds is 14. The number of hydrogen-bond donors (Lipinski definition) is 4. The molecule has 9 rings (SSSR count). The van der Waals surface area contributed by atoms with Crippen molar-refractivity contribution in [1.82, 2.24) is 10.2 Å².